The highest BCUT2D eigenvalue weighted by Gasteiger charge is 2.41. The minimum Gasteiger partial charge on any atom is -0.459 e. The molecule has 3 heterocycles. The van der Waals surface area contributed by atoms with Crippen LogP contribution in [0.2, 0.25) is 50.9 Å². The predicted octanol–water partition coefficient (Wildman–Crippen LogP) is 8.53. The predicted molar refractivity (Wildman–Crippen MR) is 202 cm³/mol. The van der Waals surface area contributed by atoms with Gasteiger partial charge in [0.25, 0.3) is 5.91 Å². The van der Waals surface area contributed by atoms with Crippen LogP contribution in [0.4, 0.5) is 11.5 Å². The first-order valence-electron chi connectivity index (χ1n) is 16.7. The second kappa shape index (κ2) is 15.0. The van der Waals surface area contributed by atoms with Crippen LogP contribution in [-0.2, 0) is 34.3 Å². The van der Waals surface area contributed by atoms with Gasteiger partial charge in [-0.25, -0.2) is 9.55 Å². The standard InChI is InChI=1S/C35H53N4O7PSi2/c1-25(49(9,10)11)23-44-47(42,43-18-19-48(6,7)8)45-24-39-33-29(37-35(3,4)34(39)41)20-27(21-36-33)16-17-32(40)38(5)22-31-26(2)28-14-12-13-15-30(28)46-31/h12-17,20-21,25,37H,18-19,22-24H2,1-11H3/b17-16+. The Morgan fingerprint density at radius 1 is 1.14 bits per heavy atom. The fourth-order valence-corrected chi connectivity index (χ4v) is 7.75. The molecule has 1 aliphatic heterocycles. The number of furan rings is 1. The summed E-state index contributed by atoms with van der Waals surface area (Å²) in [7, 11) is -5.35. The van der Waals surface area contributed by atoms with Crippen molar-refractivity contribution in [3.8, 4) is 0 Å². The summed E-state index contributed by atoms with van der Waals surface area (Å²) >= 11 is 0. The van der Waals surface area contributed by atoms with Crippen LogP contribution in [-0.4, -0.2) is 70.4 Å². The van der Waals surface area contributed by atoms with Crippen LogP contribution in [0, 0.1) is 6.92 Å². The van der Waals surface area contributed by atoms with Crippen molar-refractivity contribution in [3.63, 3.8) is 0 Å². The number of anilines is 2. The molecule has 2 unspecified atom stereocenters. The number of para-hydroxylation sites is 1. The number of nitrogens with zero attached hydrogens (tertiary/aromatic N) is 3. The smallest absolute Gasteiger partial charge is 0.459 e. The van der Waals surface area contributed by atoms with Gasteiger partial charge < -0.3 is 14.6 Å². The summed E-state index contributed by atoms with van der Waals surface area (Å²) in [6.45, 7) is 21.3. The molecule has 1 aliphatic rings. The van der Waals surface area contributed by atoms with Crippen molar-refractivity contribution >= 4 is 64.3 Å². The van der Waals surface area contributed by atoms with Gasteiger partial charge in [-0.3, -0.25) is 28.1 Å². The number of aromatic nitrogens is 1. The zero-order valence-corrected chi connectivity index (χ0v) is 33.8. The second-order valence-electron chi connectivity index (χ2n) is 15.7. The monoisotopic (exact) mass is 728 g/mol. The number of carbonyl (C=O) groups excluding carboxylic acids is 2. The van der Waals surface area contributed by atoms with E-state index in [4.69, 9.17) is 18.0 Å². The van der Waals surface area contributed by atoms with E-state index < -0.39 is 29.5 Å². The van der Waals surface area contributed by atoms with Crippen molar-refractivity contribution in [2.24, 2.45) is 0 Å². The van der Waals surface area contributed by atoms with E-state index in [1.165, 1.54) is 11.0 Å². The van der Waals surface area contributed by atoms with Crippen LogP contribution in [0.5, 0.6) is 0 Å². The number of carbonyl (C=O) groups is 2. The average Bonchev–Trinajstić information content (AvgIpc) is 3.32. The summed E-state index contributed by atoms with van der Waals surface area (Å²) in [5, 5.41) is 4.28. The normalized spacial score (nSPS) is 16.8. The Morgan fingerprint density at radius 2 is 1.84 bits per heavy atom. The molecule has 4 rings (SSSR count). The van der Waals surface area contributed by atoms with Crippen LogP contribution in [0.3, 0.4) is 0 Å². The van der Waals surface area contributed by atoms with Gasteiger partial charge in [0.2, 0.25) is 5.91 Å². The maximum absolute atomic E-state index is 13.9. The third kappa shape index (κ3) is 10.0. The van der Waals surface area contributed by atoms with Gasteiger partial charge in [-0.2, -0.15) is 0 Å². The Labute approximate surface area is 293 Å². The van der Waals surface area contributed by atoms with E-state index in [9.17, 15) is 14.2 Å². The lowest BCUT2D eigenvalue weighted by Gasteiger charge is -2.39. The van der Waals surface area contributed by atoms with Crippen LogP contribution in [0.1, 0.15) is 37.7 Å². The number of likely N-dealkylation sites (N-methyl/N-ethyl adjacent to an activating group) is 1. The number of fused-ring (bicyclic) bond motifs is 2. The highest BCUT2D eigenvalue weighted by Crippen LogP contribution is 2.51. The third-order valence-electron chi connectivity index (χ3n) is 8.90. The first kappa shape index (κ1) is 38.7. The van der Waals surface area contributed by atoms with Gasteiger partial charge >= 0.3 is 7.82 Å². The van der Waals surface area contributed by atoms with Crippen molar-refractivity contribution in [2.45, 2.75) is 90.6 Å². The molecule has 1 N–H and O–H groups in total. The Hall–Kier alpha value is -3.07. The van der Waals surface area contributed by atoms with Crippen LogP contribution < -0.4 is 10.2 Å². The van der Waals surface area contributed by atoms with E-state index in [1.54, 1.807) is 38.1 Å². The van der Waals surface area contributed by atoms with Gasteiger partial charge in [0, 0.05) is 46.4 Å². The number of hydrogen-bond acceptors (Lipinski definition) is 9. The van der Waals surface area contributed by atoms with Gasteiger partial charge in [-0.05, 0) is 56.1 Å². The van der Waals surface area contributed by atoms with Gasteiger partial charge in [0.1, 0.15) is 23.6 Å². The largest absolute Gasteiger partial charge is 0.476 e. The first-order chi connectivity index (χ1) is 22.7. The van der Waals surface area contributed by atoms with E-state index in [1.807, 2.05) is 37.3 Å². The zero-order valence-electron chi connectivity index (χ0n) is 30.9. The molecule has 2 aromatic heterocycles. The van der Waals surface area contributed by atoms with E-state index in [2.05, 4.69) is 56.5 Å². The molecular formula is C35H53N4O7PSi2. The topological polar surface area (TPSA) is 123 Å². The lowest BCUT2D eigenvalue weighted by atomic mass is 9.99. The summed E-state index contributed by atoms with van der Waals surface area (Å²) in [5.41, 5.74) is 2.22. The maximum Gasteiger partial charge on any atom is 0.476 e. The van der Waals surface area contributed by atoms with E-state index in [0.29, 0.717) is 23.6 Å². The highest BCUT2D eigenvalue weighted by atomic mass is 31.2. The van der Waals surface area contributed by atoms with Crippen molar-refractivity contribution in [3.05, 3.63) is 59.5 Å². The number of nitrogens with one attached hydrogen (secondary N) is 1. The molecule has 49 heavy (non-hydrogen) atoms. The van der Waals surface area contributed by atoms with Crippen LogP contribution in [0.15, 0.2) is 47.0 Å². The molecule has 1 aromatic carbocycles. The summed E-state index contributed by atoms with van der Waals surface area (Å²) in [6, 6.07) is 10.4. The zero-order chi connectivity index (χ0) is 36.4. The molecule has 14 heteroatoms. The summed E-state index contributed by atoms with van der Waals surface area (Å²) in [4.78, 5) is 34.1. The number of benzene rings is 1. The number of rotatable bonds is 15. The van der Waals surface area contributed by atoms with Crippen LogP contribution in [0.25, 0.3) is 17.0 Å². The van der Waals surface area contributed by atoms with E-state index in [0.717, 1.165) is 28.3 Å². The second-order valence-corrected chi connectivity index (χ2v) is 28.7. The van der Waals surface area contributed by atoms with E-state index >= 15 is 0 Å². The molecule has 0 radical (unpaired) electrons. The highest BCUT2D eigenvalue weighted by molar-refractivity contribution is 7.48. The fraction of sp³-hybridized carbons (Fsp3) is 0.514. The SMILES string of the molecule is Cc1c(CN(C)C(=O)/C=C/c2cnc3c(c2)NC(C)(C)C(=O)N3COP(=O)(OCC[Si](C)(C)C)OCC(C)[Si](C)(C)C)oc2ccccc12. The van der Waals surface area contributed by atoms with E-state index in [-0.39, 0.29) is 37.3 Å². The number of aryl methyl sites for hydroxylation is 1. The molecule has 0 saturated carbocycles. The van der Waals surface area contributed by atoms with Crippen molar-refractivity contribution in [1.82, 2.24) is 9.88 Å². The van der Waals surface area contributed by atoms with Crippen molar-refractivity contribution < 1.29 is 32.1 Å². The number of pyridine rings is 1. The Kier molecular flexibility index (Phi) is 11.9. The maximum atomic E-state index is 13.9. The Bertz CT molecular complexity index is 1750. The minimum atomic E-state index is -4.01. The molecule has 2 amide bonds. The van der Waals surface area contributed by atoms with Crippen molar-refractivity contribution in [2.75, 3.05) is 37.2 Å². The van der Waals surface area contributed by atoms with Gasteiger partial charge in [0.05, 0.1) is 25.4 Å². The summed E-state index contributed by atoms with van der Waals surface area (Å²) in [5.74, 6) is 0.539. The van der Waals surface area contributed by atoms with Gasteiger partial charge in [-0.1, -0.05) is 64.4 Å². The first-order valence-corrected chi connectivity index (χ1v) is 25.5. The molecular weight excluding hydrogens is 676 g/mol. The minimum absolute atomic E-state index is 0.204. The molecule has 0 fully saturated rings. The van der Waals surface area contributed by atoms with Gasteiger partial charge in [0.15, 0.2) is 5.82 Å². The fourth-order valence-electron chi connectivity index (χ4n) is 4.94. The molecule has 2 atom stereocenters. The van der Waals surface area contributed by atoms with Gasteiger partial charge in [-0.15, -0.1) is 0 Å². The molecule has 0 saturated heterocycles. The molecule has 3 aromatic rings. The molecule has 0 aliphatic carbocycles. The molecule has 268 valence electrons. The number of amides is 2. The molecule has 0 spiro atoms. The quantitative estimate of drug-likeness (QED) is 0.0932. The summed E-state index contributed by atoms with van der Waals surface area (Å²) < 4.78 is 37.5. The Balaban J connectivity index is 1.49. The number of phosphoric acid groups is 1. The molecule has 11 nitrogen and oxygen atoms in total. The van der Waals surface area contributed by atoms with Crippen LogP contribution >= 0.6 is 7.82 Å². The number of phosphoric ester groups is 1. The summed E-state index contributed by atoms with van der Waals surface area (Å²) in [6.07, 6.45) is 4.73. The Morgan fingerprint density at radius 3 is 2.49 bits per heavy atom. The lowest BCUT2D eigenvalue weighted by Crippen LogP contribution is -2.54. The third-order valence-corrected chi connectivity index (χ3v) is 15.1. The average molecular weight is 729 g/mol. The lowest BCUT2D eigenvalue weighted by molar-refractivity contribution is -0.125. The van der Waals surface area contributed by atoms with Crippen molar-refractivity contribution in [1.29, 1.82) is 0 Å². The molecule has 0 bridgehead atoms. The number of hydrogen-bond donors (Lipinski definition) is 1.